The van der Waals surface area contributed by atoms with Crippen molar-refractivity contribution in [3.05, 3.63) is 156 Å². The molecule has 58 heavy (non-hydrogen) atoms. The Hall–Kier alpha value is -5.72. The molecule has 0 spiro atoms. The SMILES string of the molecule is C=CC[Si](CC=C)(c1c(F)c(F)c(O)c(F)c1F)c1c(F)c(F)c(O)c(F)c1F.C=CCc1cc(C(c2ccc(O)c(CC=C)c2)(C(F)(F)F)C(F)(F)F)ccc1O. The third kappa shape index (κ3) is 7.90. The minimum atomic E-state index is -5.77. The summed E-state index contributed by atoms with van der Waals surface area (Å²) < 4.78 is 199. The summed E-state index contributed by atoms with van der Waals surface area (Å²) >= 11 is 0. The van der Waals surface area contributed by atoms with Gasteiger partial charge in [0, 0.05) is 10.4 Å². The van der Waals surface area contributed by atoms with Crippen molar-refractivity contribution in [2.24, 2.45) is 0 Å². The van der Waals surface area contributed by atoms with E-state index in [-0.39, 0.29) is 24.0 Å². The Labute approximate surface area is 321 Å². The fraction of sp³-hybridized carbons (Fsp3) is 0.179. The van der Waals surface area contributed by atoms with E-state index in [1.807, 2.05) is 0 Å². The van der Waals surface area contributed by atoms with Crippen LogP contribution >= 0.6 is 0 Å². The zero-order valence-corrected chi connectivity index (χ0v) is 30.5. The highest BCUT2D eigenvalue weighted by Crippen LogP contribution is 2.57. The average Bonchev–Trinajstić information content (AvgIpc) is 3.14. The van der Waals surface area contributed by atoms with Gasteiger partial charge in [-0.05, 0) is 59.3 Å². The second-order valence-corrected chi connectivity index (χ2v) is 16.4. The molecule has 0 atom stereocenters. The first-order chi connectivity index (χ1) is 26.9. The van der Waals surface area contributed by atoms with Crippen molar-refractivity contribution in [2.45, 2.75) is 42.7 Å². The lowest BCUT2D eigenvalue weighted by Gasteiger charge is -2.38. The number of hydrogen-bond donors (Lipinski definition) is 4. The fourth-order valence-corrected chi connectivity index (χ4v) is 10.8. The normalized spacial score (nSPS) is 12.1. The molecule has 0 saturated heterocycles. The third-order valence-corrected chi connectivity index (χ3v) is 13.8. The van der Waals surface area contributed by atoms with Crippen LogP contribution in [0.15, 0.2) is 87.0 Å². The van der Waals surface area contributed by atoms with Gasteiger partial charge in [0.15, 0.2) is 34.8 Å². The van der Waals surface area contributed by atoms with Crippen molar-refractivity contribution in [3.63, 3.8) is 0 Å². The molecule has 0 amide bonds. The predicted octanol–water partition coefficient (Wildman–Crippen LogP) is 10.1. The van der Waals surface area contributed by atoms with Crippen LogP contribution in [0, 0.1) is 46.5 Å². The first kappa shape index (κ1) is 46.7. The molecular formula is C39H30F14O4Si. The van der Waals surface area contributed by atoms with Crippen molar-refractivity contribution >= 4 is 18.4 Å². The molecule has 0 aliphatic rings. The molecule has 19 heteroatoms. The summed E-state index contributed by atoms with van der Waals surface area (Å²) in [6.45, 7) is 13.3. The largest absolute Gasteiger partial charge is 0.508 e. The molecule has 312 valence electrons. The lowest BCUT2D eigenvalue weighted by molar-refractivity contribution is -0.288. The van der Waals surface area contributed by atoms with Crippen LogP contribution in [0.2, 0.25) is 12.1 Å². The van der Waals surface area contributed by atoms with Gasteiger partial charge in [0.25, 0.3) is 0 Å². The molecule has 4 N–H and O–H groups in total. The van der Waals surface area contributed by atoms with E-state index in [1.165, 1.54) is 12.2 Å². The highest BCUT2D eigenvalue weighted by molar-refractivity contribution is 7.03. The number of allylic oxidation sites excluding steroid dienone is 4. The molecule has 4 nitrogen and oxygen atoms in total. The fourth-order valence-electron chi connectivity index (χ4n) is 6.45. The molecule has 0 aromatic heterocycles. The van der Waals surface area contributed by atoms with Gasteiger partial charge in [0.2, 0.25) is 28.7 Å². The maximum Gasteiger partial charge on any atom is 0.411 e. The van der Waals surface area contributed by atoms with E-state index in [1.54, 1.807) is 0 Å². The molecule has 0 unspecified atom stereocenters. The van der Waals surface area contributed by atoms with Crippen LogP contribution in [0.25, 0.3) is 0 Å². The summed E-state index contributed by atoms with van der Waals surface area (Å²) in [5.41, 5.74) is -6.81. The number of phenolic OH excluding ortho intramolecular Hbond substituents is 4. The van der Waals surface area contributed by atoms with E-state index < -0.39 is 129 Å². The van der Waals surface area contributed by atoms with Crippen molar-refractivity contribution in [2.75, 3.05) is 0 Å². The number of alkyl halides is 6. The zero-order valence-electron chi connectivity index (χ0n) is 29.5. The summed E-state index contributed by atoms with van der Waals surface area (Å²) in [6, 6.07) is 2.67. The van der Waals surface area contributed by atoms with Crippen LogP contribution in [0.1, 0.15) is 22.3 Å². The van der Waals surface area contributed by atoms with Gasteiger partial charge in [-0.3, -0.25) is 0 Å². The minimum absolute atomic E-state index is 0.122. The molecule has 0 saturated carbocycles. The summed E-state index contributed by atoms with van der Waals surface area (Å²) in [6.07, 6.45) is -7.50. The molecule has 0 heterocycles. The van der Waals surface area contributed by atoms with E-state index >= 15 is 0 Å². The Morgan fingerprint density at radius 2 is 0.759 bits per heavy atom. The maximum atomic E-state index is 14.6. The molecular weight excluding hydrogens is 826 g/mol. The van der Waals surface area contributed by atoms with Crippen molar-refractivity contribution < 1.29 is 81.9 Å². The third-order valence-electron chi connectivity index (χ3n) is 9.03. The number of halogens is 14. The van der Waals surface area contributed by atoms with Crippen molar-refractivity contribution in [1.29, 1.82) is 0 Å². The van der Waals surface area contributed by atoms with Crippen molar-refractivity contribution in [3.8, 4) is 23.0 Å². The topological polar surface area (TPSA) is 80.9 Å². The predicted molar refractivity (Wildman–Crippen MR) is 188 cm³/mol. The van der Waals surface area contributed by atoms with Gasteiger partial charge >= 0.3 is 12.4 Å². The van der Waals surface area contributed by atoms with E-state index in [0.717, 1.165) is 24.3 Å². The summed E-state index contributed by atoms with van der Waals surface area (Å²) in [4.78, 5) is 0. The van der Waals surface area contributed by atoms with E-state index in [0.29, 0.717) is 24.3 Å². The molecule has 0 fully saturated rings. The lowest BCUT2D eigenvalue weighted by Crippen LogP contribution is -2.63. The van der Waals surface area contributed by atoms with Gasteiger partial charge < -0.3 is 20.4 Å². The number of phenols is 4. The zero-order chi connectivity index (χ0) is 44.3. The number of rotatable bonds is 12. The van der Waals surface area contributed by atoms with Crippen LogP contribution in [0.4, 0.5) is 61.5 Å². The molecule has 0 aliphatic heterocycles. The van der Waals surface area contributed by atoms with Crippen LogP contribution in [-0.2, 0) is 18.3 Å². The smallest absolute Gasteiger partial charge is 0.411 e. The molecule has 0 aliphatic carbocycles. The van der Waals surface area contributed by atoms with E-state index in [4.69, 9.17) is 10.2 Å². The Bertz CT molecular complexity index is 2030. The highest BCUT2D eigenvalue weighted by Gasteiger charge is 2.72. The van der Waals surface area contributed by atoms with Gasteiger partial charge in [-0.15, -0.1) is 26.3 Å². The van der Waals surface area contributed by atoms with Gasteiger partial charge in [-0.25, -0.2) is 17.6 Å². The quantitative estimate of drug-likeness (QED) is 0.0495. The van der Waals surface area contributed by atoms with E-state index in [2.05, 4.69) is 26.3 Å². The molecule has 4 rings (SSSR count). The Morgan fingerprint density at radius 1 is 0.466 bits per heavy atom. The van der Waals surface area contributed by atoms with Crippen LogP contribution < -0.4 is 10.4 Å². The van der Waals surface area contributed by atoms with Crippen molar-refractivity contribution in [1.82, 2.24) is 0 Å². The number of aromatic hydroxyl groups is 4. The standard InChI is InChI=1S/C21H18F6O2.C18H12F8O2Si/c1-3-5-13-11-15(7-9-17(13)28)19(20(22,23)24,21(25,26)27)16-8-10-18(29)14(12-16)6-4-2;1-3-5-29(6-4-2,17-11(23)7(19)15(27)8(20)12(17)24)18-13(25)9(21)16(28)10(22)14(18)26/h3-4,7-12,28-29H,1-2,5-6H2;3-4,27-28H,1-2,5-6H2. The summed E-state index contributed by atoms with van der Waals surface area (Å²) in [5, 5.41) is 34.9. The summed E-state index contributed by atoms with van der Waals surface area (Å²) in [7, 11) is -4.82. The first-order valence-electron chi connectivity index (χ1n) is 16.2. The molecule has 4 aromatic rings. The van der Waals surface area contributed by atoms with Gasteiger partial charge in [0.1, 0.15) is 19.6 Å². The van der Waals surface area contributed by atoms with Crippen LogP contribution in [0.3, 0.4) is 0 Å². The first-order valence-corrected chi connectivity index (χ1v) is 18.6. The Balaban J connectivity index is 0.000000310. The second-order valence-electron chi connectivity index (χ2n) is 12.4. The number of hydrogen-bond acceptors (Lipinski definition) is 4. The monoisotopic (exact) mass is 856 g/mol. The van der Waals surface area contributed by atoms with Gasteiger partial charge in [0.05, 0.1) is 0 Å². The van der Waals surface area contributed by atoms with Gasteiger partial charge in [-0.2, -0.15) is 43.9 Å². The summed E-state index contributed by atoms with van der Waals surface area (Å²) in [5.74, 6) is -22.7. The highest BCUT2D eigenvalue weighted by atomic mass is 28.3. The Kier molecular flexibility index (Phi) is 14.0. The molecule has 0 bridgehead atoms. The second kappa shape index (κ2) is 17.4. The van der Waals surface area contributed by atoms with Crippen LogP contribution in [0.5, 0.6) is 23.0 Å². The maximum absolute atomic E-state index is 14.6. The average molecular weight is 857 g/mol. The minimum Gasteiger partial charge on any atom is -0.508 e. The Morgan fingerprint density at radius 3 is 1.00 bits per heavy atom. The molecule has 0 radical (unpaired) electrons. The van der Waals surface area contributed by atoms with Crippen LogP contribution in [-0.4, -0.2) is 40.9 Å². The number of benzene rings is 4. The van der Waals surface area contributed by atoms with E-state index in [9.17, 15) is 71.7 Å². The lowest BCUT2D eigenvalue weighted by atomic mass is 9.72. The van der Waals surface area contributed by atoms with Gasteiger partial charge in [-0.1, -0.05) is 48.6 Å². The molecule has 4 aromatic carbocycles.